The molecule has 31 heavy (non-hydrogen) atoms. The van der Waals surface area contributed by atoms with Crippen molar-refractivity contribution in [2.45, 2.75) is 4.90 Å². The number of primary amides is 1. The number of esters is 1. The first-order valence-electron chi connectivity index (χ1n) is 8.78. The number of nitrogens with one attached hydrogen (secondary N) is 2. The Bertz CT molecular complexity index is 1210. The van der Waals surface area contributed by atoms with Crippen molar-refractivity contribution in [3.63, 3.8) is 0 Å². The maximum atomic E-state index is 12.4. The van der Waals surface area contributed by atoms with E-state index in [0.717, 1.165) is 11.3 Å². The lowest BCUT2D eigenvalue weighted by Gasteiger charge is -2.09. The van der Waals surface area contributed by atoms with Crippen LogP contribution >= 0.6 is 11.3 Å². The van der Waals surface area contributed by atoms with Crippen LogP contribution in [0, 0.1) is 0 Å². The van der Waals surface area contributed by atoms with E-state index in [4.69, 9.17) is 10.5 Å². The summed E-state index contributed by atoms with van der Waals surface area (Å²) < 4.78 is 32.2. The second kappa shape index (κ2) is 9.41. The Morgan fingerprint density at radius 1 is 0.968 bits per heavy atom. The van der Waals surface area contributed by atoms with Crippen LogP contribution in [0.1, 0.15) is 20.7 Å². The maximum absolute atomic E-state index is 12.4. The van der Waals surface area contributed by atoms with Crippen molar-refractivity contribution >= 4 is 49.8 Å². The minimum Gasteiger partial charge on any atom is -0.452 e. The normalized spacial score (nSPS) is 10.8. The lowest BCUT2D eigenvalue weighted by molar-refractivity contribution is -0.119. The van der Waals surface area contributed by atoms with Crippen molar-refractivity contribution in [1.82, 2.24) is 0 Å². The second-order valence-corrected chi connectivity index (χ2v) is 8.75. The number of anilines is 2. The second-order valence-electron chi connectivity index (χ2n) is 6.15. The topological polar surface area (TPSA) is 145 Å². The van der Waals surface area contributed by atoms with Crippen LogP contribution in [0.2, 0.25) is 0 Å². The predicted octanol–water partition coefficient (Wildman–Crippen LogP) is 2.44. The first kappa shape index (κ1) is 22.0. The van der Waals surface area contributed by atoms with Gasteiger partial charge in [0.05, 0.1) is 16.0 Å². The fourth-order valence-corrected chi connectivity index (χ4v) is 4.33. The summed E-state index contributed by atoms with van der Waals surface area (Å²) in [7, 11) is -3.82. The van der Waals surface area contributed by atoms with Crippen LogP contribution in [0.3, 0.4) is 0 Å². The summed E-state index contributed by atoms with van der Waals surface area (Å²) in [6.45, 7) is -0.593. The Hall–Kier alpha value is -3.70. The van der Waals surface area contributed by atoms with E-state index in [-0.39, 0.29) is 21.0 Å². The third-order valence-corrected chi connectivity index (χ3v) is 6.17. The standard InChI is InChI=1S/C20H17N3O6S2/c21-18(25)16-10-11-30-19(16)22-17(24)12-29-20(26)13-6-8-15(9-7-13)31(27,28)23-14-4-2-1-3-5-14/h1-11,23H,12H2,(H2,21,25)(H,22,24). The van der Waals surface area contributed by atoms with Gasteiger partial charge in [-0.3, -0.25) is 14.3 Å². The van der Waals surface area contributed by atoms with E-state index in [9.17, 15) is 22.8 Å². The molecule has 0 atom stereocenters. The summed E-state index contributed by atoms with van der Waals surface area (Å²) >= 11 is 1.11. The molecule has 0 radical (unpaired) electrons. The summed E-state index contributed by atoms with van der Waals surface area (Å²) in [5.74, 6) is -2.15. The zero-order valence-electron chi connectivity index (χ0n) is 15.9. The summed E-state index contributed by atoms with van der Waals surface area (Å²) in [4.78, 5) is 35.3. The Kier molecular flexibility index (Phi) is 6.68. The fourth-order valence-electron chi connectivity index (χ4n) is 2.47. The summed E-state index contributed by atoms with van der Waals surface area (Å²) in [5.41, 5.74) is 5.84. The number of carbonyl (C=O) groups is 3. The van der Waals surface area contributed by atoms with Gasteiger partial charge in [-0.2, -0.15) is 0 Å². The third-order valence-electron chi connectivity index (χ3n) is 3.94. The molecule has 1 aromatic heterocycles. The molecule has 9 nitrogen and oxygen atoms in total. The zero-order chi connectivity index (χ0) is 22.4. The number of para-hydroxylation sites is 1. The smallest absolute Gasteiger partial charge is 0.338 e. The molecule has 11 heteroatoms. The number of hydrogen-bond acceptors (Lipinski definition) is 7. The first-order chi connectivity index (χ1) is 14.8. The number of carbonyl (C=O) groups excluding carboxylic acids is 3. The maximum Gasteiger partial charge on any atom is 0.338 e. The van der Waals surface area contributed by atoms with E-state index >= 15 is 0 Å². The van der Waals surface area contributed by atoms with Crippen molar-refractivity contribution in [2.24, 2.45) is 5.73 Å². The highest BCUT2D eigenvalue weighted by molar-refractivity contribution is 7.92. The number of hydrogen-bond donors (Lipinski definition) is 3. The molecule has 1 heterocycles. The molecule has 2 amide bonds. The number of nitrogens with two attached hydrogens (primary N) is 1. The molecule has 0 saturated carbocycles. The van der Waals surface area contributed by atoms with Gasteiger partial charge in [-0.15, -0.1) is 11.3 Å². The summed E-state index contributed by atoms with van der Waals surface area (Å²) in [6, 6.07) is 14.9. The van der Waals surface area contributed by atoms with Gasteiger partial charge in [0.15, 0.2) is 6.61 Å². The van der Waals surface area contributed by atoms with Gasteiger partial charge in [0.2, 0.25) is 0 Å². The van der Waals surface area contributed by atoms with Gasteiger partial charge < -0.3 is 15.8 Å². The quantitative estimate of drug-likeness (QED) is 0.441. The van der Waals surface area contributed by atoms with E-state index in [1.54, 1.807) is 35.7 Å². The van der Waals surface area contributed by atoms with Crippen molar-refractivity contribution in [3.8, 4) is 0 Å². The highest BCUT2D eigenvalue weighted by Crippen LogP contribution is 2.22. The van der Waals surface area contributed by atoms with Crippen LogP contribution in [0.4, 0.5) is 10.7 Å². The van der Waals surface area contributed by atoms with Crippen LogP contribution in [0.15, 0.2) is 70.9 Å². The molecule has 3 aromatic rings. The zero-order valence-corrected chi connectivity index (χ0v) is 17.5. The molecule has 0 aliphatic heterocycles. The number of amides is 2. The van der Waals surface area contributed by atoms with E-state index in [1.165, 1.54) is 30.3 Å². The van der Waals surface area contributed by atoms with Gasteiger partial charge in [-0.1, -0.05) is 18.2 Å². The van der Waals surface area contributed by atoms with Gasteiger partial charge in [0.1, 0.15) is 5.00 Å². The Labute approximate surface area is 181 Å². The molecule has 0 bridgehead atoms. The fraction of sp³-hybridized carbons (Fsp3) is 0.0500. The molecule has 0 aliphatic rings. The average molecular weight is 460 g/mol. The molecular weight excluding hydrogens is 442 g/mol. The van der Waals surface area contributed by atoms with Gasteiger partial charge >= 0.3 is 5.97 Å². The predicted molar refractivity (Wildman–Crippen MR) is 115 cm³/mol. The monoisotopic (exact) mass is 459 g/mol. The number of sulfonamides is 1. The van der Waals surface area contributed by atoms with E-state index < -0.39 is 34.4 Å². The highest BCUT2D eigenvalue weighted by atomic mass is 32.2. The summed E-state index contributed by atoms with van der Waals surface area (Å²) in [5, 5.41) is 4.29. The minimum absolute atomic E-state index is 0.0395. The van der Waals surface area contributed by atoms with E-state index in [0.29, 0.717) is 5.69 Å². The van der Waals surface area contributed by atoms with E-state index in [2.05, 4.69) is 10.0 Å². The van der Waals surface area contributed by atoms with Crippen molar-refractivity contribution < 1.29 is 27.5 Å². The lowest BCUT2D eigenvalue weighted by Crippen LogP contribution is -2.22. The Morgan fingerprint density at radius 2 is 1.65 bits per heavy atom. The number of benzene rings is 2. The molecule has 3 rings (SSSR count). The van der Waals surface area contributed by atoms with Gasteiger partial charge in [-0.05, 0) is 47.8 Å². The van der Waals surface area contributed by atoms with Crippen molar-refractivity contribution in [1.29, 1.82) is 0 Å². The van der Waals surface area contributed by atoms with Crippen LogP contribution in [-0.2, 0) is 19.6 Å². The van der Waals surface area contributed by atoms with E-state index in [1.807, 2.05) is 0 Å². The molecular formula is C20H17N3O6S2. The Morgan fingerprint density at radius 3 is 2.29 bits per heavy atom. The van der Waals surface area contributed by atoms with Crippen LogP contribution < -0.4 is 15.8 Å². The molecule has 0 spiro atoms. The van der Waals surface area contributed by atoms with Crippen LogP contribution in [0.5, 0.6) is 0 Å². The molecule has 0 fully saturated rings. The molecule has 160 valence electrons. The summed E-state index contributed by atoms with van der Waals surface area (Å²) in [6.07, 6.45) is 0. The molecule has 0 aliphatic carbocycles. The van der Waals surface area contributed by atoms with Crippen LogP contribution in [0.25, 0.3) is 0 Å². The van der Waals surface area contributed by atoms with Crippen molar-refractivity contribution in [3.05, 3.63) is 77.2 Å². The average Bonchev–Trinajstić information content (AvgIpc) is 3.21. The van der Waals surface area contributed by atoms with Gasteiger partial charge in [-0.25, -0.2) is 13.2 Å². The lowest BCUT2D eigenvalue weighted by atomic mass is 10.2. The molecule has 0 unspecified atom stereocenters. The minimum atomic E-state index is -3.82. The van der Waals surface area contributed by atoms with Gasteiger partial charge in [0.25, 0.3) is 21.8 Å². The number of ether oxygens (including phenoxy) is 1. The number of rotatable bonds is 8. The highest BCUT2D eigenvalue weighted by Gasteiger charge is 2.17. The molecule has 4 N–H and O–H groups in total. The molecule has 2 aromatic carbocycles. The SMILES string of the molecule is NC(=O)c1ccsc1NC(=O)COC(=O)c1ccc(S(=O)(=O)Nc2ccccc2)cc1. The Balaban J connectivity index is 1.58. The van der Waals surface area contributed by atoms with Gasteiger partial charge in [0, 0.05) is 5.69 Å². The van der Waals surface area contributed by atoms with Crippen molar-refractivity contribution in [2.75, 3.05) is 16.6 Å². The van der Waals surface area contributed by atoms with Crippen LogP contribution in [-0.4, -0.2) is 32.8 Å². The molecule has 0 saturated heterocycles. The largest absolute Gasteiger partial charge is 0.452 e. The first-order valence-corrected chi connectivity index (χ1v) is 11.1. The number of thiophene rings is 1. The third kappa shape index (κ3) is 5.68.